The average Bonchev–Trinajstić information content (AvgIpc) is 2.86. The van der Waals surface area contributed by atoms with Gasteiger partial charge in [-0.05, 0) is 24.6 Å². The average molecular weight is 355 g/mol. The number of anilines is 1. The summed E-state index contributed by atoms with van der Waals surface area (Å²) >= 11 is 13.5. The third-order valence-electron chi connectivity index (χ3n) is 3.11. The molecule has 0 fully saturated rings. The first-order valence-corrected chi connectivity index (χ1v) is 8.04. The Morgan fingerprint density at radius 1 is 1.32 bits per heavy atom. The second-order valence-electron chi connectivity index (χ2n) is 4.91. The summed E-state index contributed by atoms with van der Waals surface area (Å²) in [5, 5.41) is 6.21. The summed E-state index contributed by atoms with van der Waals surface area (Å²) in [6.07, 6.45) is 0. The summed E-state index contributed by atoms with van der Waals surface area (Å²) in [5.74, 6) is 0. The molecule has 0 saturated carbocycles. The number of hydrogen-bond acceptors (Lipinski definition) is 5. The number of nitrogens with zero attached hydrogens (tertiary/aromatic N) is 4. The summed E-state index contributed by atoms with van der Waals surface area (Å²) in [6.45, 7) is 2.35. The van der Waals surface area contributed by atoms with E-state index in [1.165, 1.54) is 21.9 Å². The molecule has 0 atom stereocenters. The molecule has 2 aromatic heterocycles. The minimum absolute atomic E-state index is 0.178. The fourth-order valence-electron chi connectivity index (χ4n) is 2.04. The van der Waals surface area contributed by atoms with Gasteiger partial charge in [0.25, 0.3) is 5.56 Å². The van der Waals surface area contributed by atoms with Crippen LogP contribution in [0.15, 0.2) is 29.1 Å². The monoisotopic (exact) mass is 354 g/mol. The van der Waals surface area contributed by atoms with Gasteiger partial charge in [-0.15, -0.1) is 5.10 Å². The van der Waals surface area contributed by atoms with E-state index in [0.717, 1.165) is 5.56 Å². The van der Waals surface area contributed by atoms with Crippen molar-refractivity contribution in [2.24, 2.45) is 0 Å². The van der Waals surface area contributed by atoms with E-state index in [1.807, 2.05) is 18.0 Å². The van der Waals surface area contributed by atoms with Crippen molar-refractivity contribution in [1.82, 2.24) is 14.6 Å². The molecule has 22 heavy (non-hydrogen) atoms. The van der Waals surface area contributed by atoms with Crippen LogP contribution in [0.4, 0.5) is 5.13 Å². The Kier molecular flexibility index (Phi) is 4.08. The smallest absolute Gasteiger partial charge is 0.275 e. The van der Waals surface area contributed by atoms with Crippen molar-refractivity contribution < 1.29 is 0 Å². The molecule has 0 N–H and O–H groups in total. The predicted octanol–water partition coefficient (Wildman–Crippen LogP) is 3.40. The van der Waals surface area contributed by atoms with Crippen molar-refractivity contribution in [2.45, 2.75) is 13.5 Å². The molecule has 0 radical (unpaired) electrons. The van der Waals surface area contributed by atoms with Gasteiger partial charge in [-0.1, -0.05) is 40.6 Å². The molecule has 0 aliphatic rings. The van der Waals surface area contributed by atoms with Crippen molar-refractivity contribution in [3.05, 3.63) is 55.9 Å². The highest BCUT2D eigenvalue weighted by atomic mass is 35.5. The lowest BCUT2D eigenvalue weighted by molar-refractivity contribution is 0.841. The highest BCUT2D eigenvalue weighted by molar-refractivity contribution is 7.20. The van der Waals surface area contributed by atoms with Crippen LogP contribution in [-0.2, 0) is 6.54 Å². The van der Waals surface area contributed by atoms with Crippen LogP contribution in [0, 0.1) is 6.92 Å². The maximum absolute atomic E-state index is 11.9. The van der Waals surface area contributed by atoms with E-state index in [0.29, 0.717) is 32.4 Å². The molecule has 8 heteroatoms. The summed E-state index contributed by atoms with van der Waals surface area (Å²) < 4.78 is 1.31. The first kappa shape index (κ1) is 15.3. The van der Waals surface area contributed by atoms with Crippen molar-refractivity contribution in [2.75, 3.05) is 11.9 Å². The number of aryl methyl sites for hydroxylation is 1. The second kappa shape index (κ2) is 5.87. The Morgan fingerprint density at radius 3 is 2.82 bits per heavy atom. The zero-order valence-corrected chi connectivity index (χ0v) is 14.2. The largest absolute Gasteiger partial charge is 0.345 e. The van der Waals surface area contributed by atoms with E-state index in [-0.39, 0.29) is 5.56 Å². The minimum Gasteiger partial charge on any atom is -0.345 e. The highest BCUT2D eigenvalue weighted by Crippen LogP contribution is 2.26. The number of rotatable bonds is 3. The van der Waals surface area contributed by atoms with E-state index < -0.39 is 0 Å². The lowest BCUT2D eigenvalue weighted by atomic mass is 10.2. The molecule has 0 bridgehead atoms. The fraction of sp³-hybridized carbons (Fsp3) is 0.214. The molecule has 0 aliphatic carbocycles. The third-order valence-corrected chi connectivity index (χ3v) is 4.72. The topological polar surface area (TPSA) is 50.5 Å². The van der Waals surface area contributed by atoms with Gasteiger partial charge >= 0.3 is 0 Å². The van der Waals surface area contributed by atoms with Crippen LogP contribution in [0.3, 0.4) is 0 Å². The van der Waals surface area contributed by atoms with Crippen LogP contribution in [0.2, 0.25) is 10.0 Å². The van der Waals surface area contributed by atoms with Crippen molar-refractivity contribution in [1.29, 1.82) is 0 Å². The number of halogens is 2. The van der Waals surface area contributed by atoms with Crippen LogP contribution < -0.4 is 10.5 Å². The zero-order valence-electron chi connectivity index (χ0n) is 11.9. The summed E-state index contributed by atoms with van der Waals surface area (Å²) in [7, 11) is 1.89. The quantitative estimate of drug-likeness (QED) is 0.723. The van der Waals surface area contributed by atoms with Crippen LogP contribution in [0.5, 0.6) is 0 Å². The normalized spacial score (nSPS) is 11.1. The Bertz CT molecular complexity index is 905. The van der Waals surface area contributed by atoms with Crippen LogP contribution in [-0.4, -0.2) is 21.6 Å². The summed E-state index contributed by atoms with van der Waals surface area (Å²) in [4.78, 5) is 18.7. The van der Waals surface area contributed by atoms with Gasteiger partial charge in [0.15, 0.2) is 0 Å². The number of fused-ring (bicyclic) bond motifs is 1. The van der Waals surface area contributed by atoms with Gasteiger partial charge in [-0.2, -0.15) is 4.52 Å². The minimum atomic E-state index is -0.178. The Hall–Kier alpha value is -1.63. The Balaban J connectivity index is 1.93. The molecule has 2 heterocycles. The highest BCUT2D eigenvalue weighted by Gasteiger charge is 2.13. The first-order chi connectivity index (χ1) is 10.4. The standard InChI is InChI=1S/C14H12Cl2N4OS/c1-8-5-12(21)20-13(17-8)22-14(18-20)19(2)7-9-3-4-10(15)6-11(9)16/h3-6H,7H2,1-2H3. The van der Waals surface area contributed by atoms with Gasteiger partial charge in [-0.25, -0.2) is 4.98 Å². The van der Waals surface area contributed by atoms with Gasteiger partial charge in [-0.3, -0.25) is 4.79 Å². The molecular weight excluding hydrogens is 343 g/mol. The number of hydrogen-bond donors (Lipinski definition) is 0. The molecular formula is C14H12Cl2N4OS. The summed E-state index contributed by atoms with van der Waals surface area (Å²) in [6, 6.07) is 6.85. The number of benzene rings is 1. The SMILES string of the molecule is Cc1cc(=O)n2nc(N(C)Cc3ccc(Cl)cc3Cl)sc2n1. The molecule has 0 aliphatic heterocycles. The molecule has 0 unspecified atom stereocenters. The Labute approximate surface area is 140 Å². The zero-order chi connectivity index (χ0) is 15.9. The van der Waals surface area contributed by atoms with E-state index in [4.69, 9.17) is 23.2 Å². The molecule has 1 aromatic carbocycles. The molecule has 114 valence electrons. The second-order valence-corrected chi connectivity index (χ2v) is 6.68. The van der Waals surface area contributed by atoms with Crippen molar-refractivity contribution in [3.63, 3.8) is 0 Å². The molecule has 5 nitrogen and oxygen atoms in total. The van der Waals surface area contributed by atoms with Gasteiger partial charge in [0.1, 0.15) is 0 Å². The van der Waals surface area contributed by atoms with Gasteiger partial charge in [0.2, 0.25) is 10.1 Å². The lowest BCUT2D eigenvalue weighted by Gasteiger charge is -2.16. The molecule has 3 aromatic rings. The van der Waals surface area contributed by atoms with E-state index in [9.17, 15) is 4.79 Å². The van der Waals surface area contributed by atoms with Crippen LogP contribution >= 0.6 is 34.5 Å². The maximum atomic E-state index is 11.9. The van der Waals surface area contributed by atoms with Gasteiger partial charge < -0.3 is 4.90 Å². The van der Waals surface area contributed by atoms with Crippen LogP contribution in [0.25, 0.3) is 4.96 Å². The van der Waals surface area contributed by atoms with Crippen molar-refractivity contribution in [3.8, 4) is 0 Å². The third kappa shape index (κ3) is 2.95. The van der Waals surface area contributed by atoms with E-state index in [2.05, 4.69) is 10.1 Å². The molecule has 0 spiro atoms. The Morgan fingerprint density at radius 2 is 2.09 bits per heavy atom. The number of aromatic nitrogens is 3. The van der Waals surface area contributed by atoms with E-state index >= 15 is 0 Å². The fourth-order valence-corrected chi connectivity index (χ4v) is 3.42. The molecule has 0 saturated heterocycles. The van der Waals surface area contributed by atoms with Gasteiger partial charge in [0, 0.05) is 35.4 Å². The van der Waals surface area contributed by atoms with Crippen LogP contribution in [0.1, 0.15) is 11.3 Å². The maximum Gasteiger partial charge on any atom is 0.275 e. The van der Waals surface area contributed by atoms with Crippen molar-refractivity contribution >= 4 is 44.6 Å². The van der Waals surface area contributed by atoms with Gasteiger partial charge in [0.05, 0.1) is 0 Å². The lowest BCUT2D eigenvalue weighted by Crippen LogP contribution is -2.18. The first-order valence-electron chi connectivity index (χ1n) is 6.46. The molecule has 0 amide bonds. The molecule has 3 rings (SSSR count). The van der Waals surface area contributed by atoms with E-state index in [1.54, 1.807) is 19.1 Å². The predicted molar refractivity (Wildman–Crippen MR) is 90.4 cm³/mol. The summed E-state index contributed by atoms with van der Waals surface area (Å²) in [5.41, 5.74) is 1.44.